The molecule has 0 bridgehead atoms. The average Bonchev–Trinajstić information content (AvgIpc) is 2.42. The Kier molecular flexibility index (Phi) is 5.29. The van der Waals surface area contributed by atoms with Gasteiger partial charge in [-0.15, -0.1) is 0 Å². The second-order valence-corrected chi connectivity index (χ2v) is 5.34. The number of hydrogen-bond acceptors (Lipinski definition) is 1. The second kappa shape index (κ2) is 6.98. The molecule has 0 unspecified atom stereocenters. The Morgan fingerprint density at radius 3 is 2.28 bits per heavy atom. The van der Waals surface area contributed by atoms with E-state index in [0.29, 0.717) is 0 Å². The molecule has 18 heavy (non-hydrogen) atoms. The number of ether oxygens (including phenoxy) is 1. The molecule has 1 aromatic rings. The van der Waals surface area contributed by atoms with Crippen molar-refractivity contribution < 1.29 is 14.5 Å². The van der Waals surface area contributed by atoms with Crippen LogP contribution in [0.1, 0.15) is 6.92 Å². The van der Waals surface area contributed by atoms with Crippen LogP contribution in [0, 0.1) is 0 Å². The van der Waals surface area contributed by atoms with E-state index in [1.165, 1.54) is 32.7 Å². The quantitative estimate of drug-likeness (QED) is 0.740. The molecule has 0 amide bonds. The highest BCUT2D eigenvalue weighted by atomic mass is 35.5. The van der Waals surface area contributed by atoms with Gasteiger partial charge in [0.2, 0.25) is 0 Å². The lowest BCUT2D eigenvalue weighted by Gasteiger charge is -2.28. The Morgan fingerprint density at radius 2 is 1.67 bits per heavy atom. The molecule has 1 saturated heterocycles. The molecule has 1 aliphatic heterocycles. The van der Waals surface area contributed by atoms with Crippen molar-refractivity contribution >= 4 is 11.6 Å². The fourth-order valence-corrected chi connectivity index (χ4v) is 2.53. The Balaban J connectivity index is 1.65. The van der Waals surface area contributed by atoms with Crippen molar-refractivity contribution in [3.63, 3.8) is 0 Å². The molecule has 2 rings (SSSR count). The van der Waals surface area contributed by atoms with Crippen molar-refractivity contribution in [3.05, 3.63) is 29.3 Å². The van der Waals surface area contributed by atoms with E-state index >= 15 is 0 Å². The molecular weight excluding hydrogens is 248 g/mol. The summed E-state index contributed by atoms with van der Waals surface area (Å²) < 4.78 is 5.73. The van der Waals surface area contributed by atoms with Crippen LogP contribution in [0.5, 0.6) is 5.75 Å². The minimum Gasteiger partial charge on any atom is -0.488 e. The van der Waals surface area contributed by atoms with Crippen molar-refractivity contribution in [2.24, 2.45) is 0 Å². The van der Waals surface area contributed by atoms with Gasteiger partial charge in [0.25, 0.3) is 0 Å². The lowest BCUT2D eigenvalue weighted by molar-refractivity contribution is -1.01. The molecule has 1 fully saturated rings. The van der Waals surface area contributed by atoms with Crippen LogP contribution in [0.4, 0.5) is 0 Å². The standard InChI is InChI=1S/C14H21ClN2O/c1-2-16-7-9-17(10-8-16)11-12-18-14-5-3-13(15)4-6-14/h3-6H,2,7-12H2,1H3/p+2. The first-order valence-corrected chi connectivity index (χ1v) is 7.21. The summed E-state index contributed by atoms with van der Waals surface area (Å²) in [6, 6.07) is 7.59. The van der Waals surface area contributed by atoms with Gasteiger partial charge < -0.3 is 14.5 Å². The normalized spacial score (nSPS) is 23.9. The Bertz CT molecular complexity index is 347. The third-order valence-electron chi connectivity index (χ3n) is 3.70. The molecule has 0 saturated carbocycles. The molecule has 0 aliphatic carbocycles. The van der Waals surface area contributed by atoms with Gasteiger partial charge in [-0.25, -0.2) is 0 Å². The summed E-state index contributed by atoms with van der Waals surface area (Å²) in [5.41, 5.74) is 0. The van der Waals surface area contributed by atoms with Crippen molar-refractivity contribution in [1.29, 1.82) is 0 Å². The first kappa shape index (κ1) is 13.7. The third kappa shape index (κ3) is 4.16. The molecule has 100 valence electrons. The topological polar surface area (TPSA) is 18.1 Å². The zero-order valence-electron chi connectivity index (χ0n) is 11.0. The van der Waals surface area contributed by atoms with Gasteiger partial charge in [-0.3, -0.25) is 0 Å². The van der Waals surface area contributed by atoms with Crippen LogP contribution in [-0.2, 0) is 0 Å². The van der Waals surface area contributed by atoms with E-state index in [1.54, 1.807) is 9.80 Å². The van der Waals surface area contributed by atoms with E-state index in [4.69, 9.17) is 16.3 Å². The summed E-state index contributed by atoms with van der Waals surface area (Å²) in [7, 11) is 0. The summed E-state index contributed by atoms with van der Waals surface area (Å²) in [4.78, 5) is 3.40. The van der Waals surface area contributed by atoms with E-state index in [0.717, 1.165) is 23.9 Å². The van der Waals surface area contributed by atoms with E-state index < -0.39 is 0 Å². The summed E-state index contributed by atoms with van der Waals surface area (Å²) in [6.45, 7) is 10.6. The fourth-order valence-electron chi connectivity index (χ4n) is 2.40. The third-order valence-corrected chi connectivity index (χ3v) is 3.95. The lowest BCUT2D eigenvalue weighted by Crippen LogP contribution is -3.28. The second-order valence-electron chi connectivity index (χ2n) is 4.91. The maximum atomic E-state index is 5.83. The van der Waals surface area contributed by atoms with Crippen molar-refractivity contribution in [2.45, 2.75) is 6.92 Å². The lowest BCUT2D eigenvalue weighted by atomic mass is 10.3. The van der Waals surface area contributed by atoms with Gasteiger partial charge in [0.1, 0.15) is 45.1 Å². The molecule has 1 aliphatic rings. The number of hydrogen-bond donors (Lipinski definition) is 2. The monoisotopic (exact) mass is 270 g/mol. The molecule has 0 atom stereocenters. The largest absolute Gasteiger partial charge is 0.488 e. The van der Waals surface area contributed by atoms with E-state index in [1.807, 2.05) is 24.3 Å². The Morgan fingerprint density at radius 1 is 1.06 bits per heavy atom. The molecule has 1 aromatic carbocycles. The molecule has 1 heterocycles. The average molecular weight is 271 g/mol. The van der Waals surface area contributed by atoms with Gasteiger partial charge in [0, 0.05) is 5.02 Å². The molecule has 4 heteroatoms. The number of halogens is 1. The van der Waals surface area contributed by atoms with E-state index in [2.05, 4.69) is 6.92 Å². The van der Waals surface area contributed by atoms with Crippen LogP contribution in [0.3, 0.4) is 0 Å². The number of nitrogens with one attached hydrogen (secondary N) is 2. The van der Waals surface area contributed by atoms with Crippen LogP contribution < -0.4 is 14.5 Å². The first-order chi connectivity index (χ1) is 8.78. The molecule has 0 radical (unpaired) electrons. The highest BCUT2D eigenvalue weighted by Crippen LogP contribution is 2.14. The minimum atomic E-state index is 0.756. The number of piperazine rings is 1. The summed E-state index contributed by atoms with van der Waals surface area (Å²) in [5, 5.41) is 0.756. The number of benzene rings is 1. The highest BCUT2D eigenvalue weighted by molar-refractivity contribution is 6.30. The summed E-state index contributed by atoms with van der Waals surface area (Å²) in [6.07, 6.45) is 0. The van der Waals surface area contributed by atoms with Crippen LogP contribution in [0.25, 0.3) is 0 Å². The maximum Gasteiger partial charge on any atom is 0.137 e. The Labute approximate surface area is 114 Å². The smallest absolute Gasteiger partial charge is 0.137 e. The maximum absolute atomic E-state index is 5.83. The Hall–Kier alpha value is -0.770. The van der Waals surface area contributed by atoms with Crippen molar-refractivity contribution in [2.75, 3.05) is 45.9 Å². The SMILES string of the molecule is CC[NH+]1CC[NH+](CCOc2ccc(Cl)cc2)CC1. The fraction of sp³-hybridized carbons (Fsp3) is 0.571. The van der Waals surface area contributed by atoms with Gasteiger partial charge in [-0.05, 0) is 31.2 Å². The first-order valence-electron chi connectivity index (χ1n) is 6.83. The van der Waals surface area contributed by atoms with Crippen molar-refractivity contribution in [3.8, 4) is 5.75 Å². The number of rotatable bonds is 5. The minimum absolute atomic E-state index is 0.756. The van der Waals surface area contributed by atoms with Gasteiger partial charge in [-0.1, -0.05) is 11.6 Å². The molecule has 2 N–H and O–H groups in total. The van der Waals surface area contributed by atoms with Crippen molar-refractivity contribution in [1.82, 2.24) is 0 Å². The van der Waals surface area contributed by atoms with Gasteiger partial charge >= 0.3 is 0 Å². The predicted molar refractivity (Wildman–Crippen MR) is 73.7 cm³/mol. The summed E-state index contributed by atoms with van der Waals surface area (Å²) >= 11 is 5.83. The van der Waals surface area contributed by atoms with Crippen LogP contribution >= 0.6 is 11.6 Å². The molecular formula is C14H23ClN2O+2. The number of quaternary nitrogens is 2. The van der Waals surface area contributed by atoms with E-state index in [-0.39, 0.29) is 0 Å². The van der Waals surface area contributed by atoms with Crippen LogP contribution in [0.2, 0.25) is 5.02 Å². The van der Waals surface area contributed by atoms with E-state index in [9.17, 15) is 0 Å². The predicted octanol–water partition coefficient (Wildman–Crippen LogP) is -0.478. The highest BCUT2D eigenvalue weighted by Gasteiger charge is 2.20. The molecule has 0 spiro atoms. The van der Waals surface area contributed by atoms with Gasteiger partial charge in [0.05, 0.1) is 6.54 Å². The van der Waals surface area contributed by atoms with Gasteiger partial charge in [0.15, 0.2) is 0 Å². The number of likely N-dealkylation sites (N-methyl/N-ethyl adjacent to an activating group) is 1. The van der Waals surface area contributed by atoms with Crippen LogP contribution in [-0.4, -0.2) is 45.9 Å². The van der Waals surface area contributed by atoms with Gasteiger partial charge in [-0.2, -0.15) is 0 Å². The van der Waals surface area contributed by atoms with Crippen LogP contribution in [0.15, 0.2) is 24.3 Å². The summed E-state index contributed by atoms with van der Waals surface area (Å²) in [5.74, 6) is 0.914. The molecule has 3 nitrogen and oxygen atoms in total. The zero-order chi connectivity index (χ0) is 12.8. The molecule has 0 aromatic heterocycles. The zero-order valence-corrected chi connectivity index (χ0v) is 11.8.